The van der Waals surface area contributed by atoms with Gasteiger partial charge in [-0.2, -0.15) is 0 Å². The maximum Gasteiger partial charge on any atom is 0.119 e. The molecule has 1 heterocycles. The summed E-state index contributed by atoms with van der Waals surface area (Å²) >= 11 is 0. The maximum absolute atomic E-state index is 5.87. The fourth-order valence-corrected chi connectivity index (χ4v) is 2.47. The van der Waals surface area contributed by atoms with E-state index < -0.39 is 0 Å². The monoisotopic (exact) mass is 292 g/mol. The lowest BCUT2D eigenvalue weighted by atomic mass is 10.1. The fourth-order valence-electron chi connectivity index (χ4n) is 2.47. The Kier molecular flexibility index (Phi) is 7.04. The Morgan fingerprint density at radius 1 is 1.00 bits per heavy atom. The predicted molar refractivity (Wildman–Crippen MR) is 84.8 cm³/mol. The van der Waals surface area contributed by atoms with Crippen LogP contribution < -0.4 is 4.74 Å². The Hall–Kier alpha value is -1.06. The van der Waals surface area contributed by atoms with Gasteiger partial charge in [-0.15, -0.1) is 0 Å². The molecule has 1 aliphatic heterocycles. The first-order valence-corrected chi connectivity index (χ1v) is 8.29. The van der Waals surface area contributed by atoms with E-state index in [9.17, 15) is 0 Å². The smallest absolute Gasteiger partial charge is 0.119 e. The molecule has 118 valence electrons. The number of hydrogen-bond donors (Lipinski definition) is 0. The van der Waals surface area contributed by atoms with Gasteiger partial charge in [0.1, 0.15) is 11.9 Å². The van der Waals surface area contributed by atoms with Crippen LogP contribution in [0.3, 0.4) is 0 Å². The highest BCUT2D eigenvalue weighted by atomic mass is 16.6. The molecule has 3 nitrogen and oxygen atoms in total. The summed E-state index contributed by atoms with van der Waals surface area (Å²) < 4.78 is 17.4. The van der Waals surface area contributed by atoms with Gasteiger partial charge in [0.05, 0.1) is 25.9 Å². The summed E-state index contributed by atoms with van der Waals surface area (Å²) in [4.78, 5) is 0. The Bertz CT molecular complexity index is 380. The maximum atomic E-state index is 5.87. The van der Waals surface area contributed by atoms with E-state index in [1.165, 1.54) is 24.8 Å². The van der Waals surface area contributed by atoms with Crippen LogP contribution in [0.5, 0.6) is 5.75 Å². The molecule has 3 heteroatoms. The third-order valence-corrected chi connectivity index (χ3v) is 3.94. The first kappa shape index (κ1) is 16.3. The standard InChI is InChI=1S/C18H28O3/c1-3-5-6-7-12-19-17-10-8-15(9-11-17)18-14-20-16(4-2)13-21-18/h8-11,16,18H,3-7,12-14H2,1-2H3. The number of rotatable bonds is 8. The van der Waals surface area contributed by atoms with E-state index in [1.807, 2.05) is 12.1 Å². The van der Waals surface area contributed by atoms with E-state index in [-0.39, 0.29) is 12.2 Å². The van der Waals surface area contributed by atoms with Crippen molar-refractivity contribution in [3.05, 3.63) is 29.8 Å². The van der Waals surface area contributed by atoms with E-state index in [1.54, 1.807) is 0 Å². The summed E-state index contributed by atoms with van der Waals surface area (Å²) in [5, 5.41) is 0. The van der Waals surface area contributed by atoms with Crippen LogP contribution in [0.15, 0.2) is 24.3 Å². The molecule has 2 atom stereocenters. The molecule has 0 aliphatic carbocycles. The van der Waals surface area contributed by atoms with Gasteiger partial charge in [-0.25, -0.2) is 0 Å². The van der Waals surface area contributed by atoms with Gasteiger partial charge in [-0.1, -0.05) is 45.2 Å². The quantitative estimate of drug-likeness (QED) is 0.660. The van der Waals surface area contributed by atoms with E-state index in [0.29, 0.717) is 13.2 Å². The van der Waals surface area contributed by atoms with Crippen LogP contribution in [0.25, 0.3) is 0 Å². The zero-order chi connectivity index (χ0) is 14.9. The van der Waals surface area contributed by atoms with Crippen LogP contribution in [0.1, 0.15) is 57.6 Å². The lowest BCUT2D eigenvalue weighted by molar-refractivity contribution is -0.135. The van der Waals surface area contributed by atoms with Gasteiger partial charge in [-0.3, -0.25) is 0 Å². The van der Waals surface area contributed by atoms with Gasteiger partial charge in [-0.05, 0) is 30.5 Å². The normalized spacial score (nSPS) is 22.2. The topological polar surface area (TPSA) is 27.7 Å². The van der Waals surface area contributed by atoms with Crippen LogP contribution in [0.2, 0.25) is 0 Å². The highest BCUT2D eigenvalue weighted by molar-refractivity contribution is 5.28. The fraction of sp³-hybridized carbons (Fsp3) is 0.667. The molecule has 1 aliphatic rings. The SMILES string of the molecule is CCCCCCOc1ccc(C2COC(CC)CO2)cc1. The molecule has 1 aromatic rings. The molecule has 2 unspecified atom stereocenters. The van der Waals surface area contributed by atoms with E-state index in [4.69, 9.17) is 14.2 Å². The van der Waals surface area contributed by atoms with Gasteiger partial charge < -0.3 is 14.2 Å². The average molecular weight is 292 g/mol. The minimum Gasteiger partial charge on any atom is -0.494 e. The molecule has 1 fully saturated rings. The van der Waals surface area contributed by atoms with Crippen molar-refractivity contribution in [1.82, 2.24) is 0 Å². The summed E-state index contributed by atoms with van der Waals surface area (Å²) in [7, 11) is 0. The van der Waals surface area contributed by atoms with Crippen molar-refractivity contribution in [2.24, 2.45) is 0 Å². The molecule has 0 saturated carbocycles. The summed E-state index contributed by atoms with van der Waals surface area (Å²) in [6, 6.07) is 8.23. The van der Waals surface area contributed by atoms with Crippen molar-refractivity contribution in [3.8, 4) is 5.75 Å². The first-order chi connectivity index (χ1) is 10.3. The van der Waals surface area contributed by atoms with Crippen molar-refractivity contribution in [1.29, 1.82) is 0 Å². The van der Waals surface area contributed by atoms with E-state index >= 15 is 0 Å². The Balaban J connectivity index is 1.74. The lowest BCUT2D eigenvalue weighted by Gasteiger charge is -2.29. The summed E-state index contributed by atoms with van der Waals surface area (Å²) in [5.41, 5.74) is 1.17. The van der Waals surface area contributed by atoms with Crippen molar-refractivity contribution in [3.63, 3.8) is 0 Å². The van der Waals surface area contributed by atoms with Crippen molar-refractivity contribution in [2.45, 2.75) is 58.2 Å². The molecule has 21 heavy (non-hydrogen) atoms. The second kappa shape index (κ2) is 9.06. The van der Waals surface area contributed by atoms with Gasteiger partial charge in [0.25, 0.3) is 0 Å². The molecule has 0 bridgehead atoms. The van der Waals surface area contributed by atoms with Crippen LogP contribution in [0, 0.1) is 0 Å². The molecule has 0 aromatic heterocycles. The van der Waals surface area contributed by atoms with Crippen molar-refractivity contribution in [2.75, 3.05) is 19.8 Å². The summed E-state index contributed by atoms with van der Waals surface area (Å²) in [6.45, 7) is 6.49. The third kappa shape index (κ3) is 5.33. The lowest BCUT2D eigenvalue weighted by Crippen LogP contribution is -2.30. The summed E-state index contributed by atoms with van der Waals surface area (Å²) in [6.07, 6.45) is 6.27. The Labute approximate surface area is 128 Å². The van der Waals surface area contributed by atoms with E-state index in [0.717, 1.165) is 25.2 Å². The minimum atomic E-state index is 0.0615. The number of unbranched alkanes of at least 4 members (excludes halogenated alkanes) is 3. The van der Waals surface area contributed by atoms with Gasteiger partial charge in [0.15, 0.2) is 0 Å². The molecule has 2 rings (SSSR count). The highest BCUT2D eigenvalue weighted by Crippen LogP contribution is 2.25. The largest absolute Gasteiger partial charge is 0.494 e. The zero-order valence-electron chi connectivity index (χ0n) is 13.3. The van der Waals surface area contributed by atoms with E-state index in [2.05, 4.69) is 26.0 Å². The first-order valence-electron chi connectivity index (χ1n) is 8.29. The molecular formula is C18H28O3. The van der Waals surface area contributed by atoms with Crippen molar-refractivity contribution >= 4 is 0 Å². The third-order valence-electron chi connectivity index (χ3n) is 3.94. The zero-order valence-corrected chi connectivity index (χ0v) is 13.3. The van der Waals surface area contributed by atoms with Gasteiger partial charge in [0, 0.05) is 0 Å². The van der Waals surface area contributed by atoms with Crippen LogP contribution in [-0.2, 0) is 9.47 Å². The number of hydrogen-bond acceptors (Lipinski definition) is 3. The molecule has 0 spiro atoms. The molecule has 0 amide bonds. The van der Waals surface area contributed by atoms with Crippen molar-refractivity contribution < 1.29 is 14.2 Å². The highest BCUT2D eigenvalue weighted by Gasteiger charge is 2.22. The molecular weight excluding hydrogens is 264 g/mol. The Morgan fingerprint density at radius 2 is 1.81 bits per heavy atom. The van der Waals surface area contributed by atoms with Gasteiger partial charge in [0.2, 0.25) is 0 Å². The molecule has 1 saturated heterocycles. The number of ether oxygens (including phenoxy) is 3. The second-order valence-electron chi connectivity index (χ2n) is 5.66. The Morgan fingerprint density at radius 3 is 2.43 bits per heavy atom. The van der Waals surface area contributed by atoms with Gasteiger partial charge >= 0.3 is 0 Å². The molecule has 0 radical (unpaired) electrons. The summed E-state index contributed by atoms with van der Waals surface area (Å²) in [5.74, 6) is 0.943. The molecule has 1 aromatic carbocycles. The predicted octanol–water partition coefficient (Wildman–Crippen LogP) is 4.51. The minimum absolute atomic E-state index is 0.0615. The second-order valence-corrected chi connectivity index (χ2v) is 5.66. The number of benzene rings is 1. The van der Waals surface area contributed by atoms with Crippen LogP contribution >= 0.6 is 0 Å². The average Bonchev–Trinajstić information content (AvgIpc) is 2.55. The molecule has 0 N–H and O–H groups in total. The van der Waals surface area contributed by atoms with Crippen LogP contribution in [0.4, 0.5) is 0 Å². The van der Waals surface area contributed by atoms with Crippen LogP contribution in [-0.4, -0.2) is 25.9 Å².